The number of ketones is 1. The second-order valence-corrected chi connectivity index (χ2v) is 9.90. The highest BCUT2D eigenvalue weighted by Gasteiger charge is 2.27. The SMILES string of the molecule is CCl.NSOCC1CCC(Nc2ncncc2C(=O)c2cc(C(O)C#CC3CC3)c(Cl)s2)C1. The van der Waals surface area contributed by atoms with Crippen LogP contribution in [0, 0.1) is 23.7 Å². The Morgan fingerprint density at radius 3 is 2.94 bits per heavy atom. The summed E-state index contributed by atoms with van der Waals surface area (Å²) in [7, 11) is 0. The van der Waals surface area contributed by atoms with E-state index in [0.717, 1.165) is 55.7 Å². The topological polar surface area (TPSA) is 110 Å². The number of aliphatic hydroxyl groups is 1. The number of nitrogens with two attached hydrogens (primary N) is 1. The average molecular weight is 530 g/mol. The Kier molecular flexibility index (Phi) is 10.3. The Bertz CT molecular complexity index is 1010. The van der Waals surface area contributed by atoms with E-state index in [4.69, 9.17) is 20.9 Å². The van der Waals surface area contributed by atoms with E-state index >= 15 is 0 Å². The molecule has 33 heavy (non-hydrogen) atoms. The number of hydrogen-bond donors (Lipinski definition) is 3. The molecule has 4 rings (SSSR count). The molecule has 178 valence electrons. The number of thiophene rings is 1. The number of anilines is 1. The first kappa shape index (κ1) is 26.2. The Morgan fingerprint density at radius 2 is 2.21 bits per heavy atom. The molecule has 2 aromatic heterocycles. The number of aromatic nitrogens is 2. The van der Waals surface area contributed by atoms with Gasteiger partial charge in [-0.1, -0.05) is 23.4 Å². The van der Waals surface area contributed by atoms with Crippen LogP contribution in [0.5, 0.6) is 0 Å². The molecular formula is C22H26Cl2N4O3S2. The lowest BCUT2D eigenvalue weighted by atomic mass is 10.1. The van der Waals surface area contributed by atoms with Gasteiger partial charge >= 0.3 is 0 Å². The molecular weight excluding hydrogens is 503 g/mol. The van der Waals surface area contributed by atoms with Crippen molar-refractivity contribution in [2.24, 2.45) is 17.0 Å². The number of alkyl halides is 1. The second-order valence-electron chi connectivity index (χ2n) is 7.82. The zero-order chi connectivity index (χ0) is 23.8. The maximum Gasteiger partial charge on any atom is 0.208 e. The molecule has 0 bridgehead atoms. The first-order chi connectivity index (χ1) is 16.0. The summed E-state index contributed by atoms with van der Waals surface area (Å²) < 4.78 is 5.61. The van der Waals surface area contributed by atoms with Crippen LogP contribution >= 0.6 is 46.8 Å². The zero-order valence-corrected chi connectivity index (χ0v) is 21.2. The van der Waals surface area contributed by atoms with E-state index in [2.05, 4.69) is 38.7 Å². The molecule has 2 aliphatic rings. The fourth-order valence-corrected chi connectivity index (χ4v) is 5.16. The highest BCUT2D eigenvalue weighted by atomic mass is 35.5. The van der Waals surface area contributed by atoms with Gasteiger partial charge in [0.15, 0.2) is 0 Å². The van der Waals surface area contributed by atoms with Gasteiger partial charge in [0.2, 0.25) is 5.78 Å². The number of nitrogens with one attached hydrogen (secondary N) is 1. The van der Waals surface area contributed by atoms with E-state index in [9.17, 15) is 9.90 Å². The number of rotatable bonds is 8. The number of halogens is 2. The fraction of sp³-hybridized carbons (Fsp3) is 0.500. The molecule has 0 amide bonds. The van der Waals surface area contributed by atoms with Crippen LogP contribution in [0.2, 0.25) is 4.34 Å². The fourth-order valence-electron chi connectivity index (χ4n) is 3.61. The Labute approximate surface area is 212 Å². The molecule has 11 heteroatoms. The van der Waals surface area contributed by atoms with Gasteiger partial charge in [-0.05, 0) is 44.1 Å². The van der Waals surface area contributed by atoms with Crippen molar-refractivity contribution < 1.29 is 14.1 Å². The van der Waals surface area contributed by atoms with E-state index < -0.39 is 6.10 Å². The molecule has 0 aromatic carbocycles. The molecule has 3 atom stereocenters. The Hall–Kier alpha value is -1.38. The van der Waals surface area contributed by atoms with Crippen molar-refractivity contribution in [3.8, 4) is 11.8 Å². The van der Waals surface area contributed by atoms with Crippen molar-refractivity contribution in [3.63, 3.8) is 0 Å². The molecule has 0 spiro atoms. The van der Waals surface area contributed by atoms with E-state index in [1.165, 1.54) is 18.9 Å². The maximum atomic E-state index is 13.2. The molecule has 2 fully saturated rings. The van der Waals surface area contributed by atoms with Crippen molar-refractivity contribution >= 4 is 58.4 Å². The summed E-state index contributed by atoms with van der Waals surface area (Å²) in [6.07, 6.45) is 8.45. The summed E-state index contributed by atoms with van der Waals surface area (Å²) in [5.74, 6) is 6.93. The minimum atomic E-state index is -1.00. The molecule has 2 aromatic rings. The van der Waals surface area contributed by atoms with Crippen molar-refractivity contribution in [2.75, 3.05) is 18.3 Å². The van der Waals surface area contributed by atoms with E-state index in [-0.39, 0.29) is 11.8 Å². The summed E-state index contributed by atoms with van der Waals surface area (Å²) in [5.41, 5.74) is 0.841. The van der Waals surface area contributed by atoms with Gasteiger partial charge < -0.3 is 14.6 Å². The van der Waals surface area contributed by atoms with Gasteiger partial charge in [-0.3, -0.25) is 9.93 Å². The van der Waals surface area contributed by atoms with Crippen molar-refractivity contribution in [2.45, 2.75) is 44.2 Å². The van der Waals surface area contributed by atoms with E-state index in [1.54, 1.807) is 6.07 Å². The summed E-state index contributed by atoms with van der Waals surface area (Å²) in [5, 5.41) is 19.1. The van der Waals surface area contributed by atoms with Gasteiger partial charge in [0.1, 0.15) is 22.6 Å². The average Bonchev–Trinajstić information content (AvgIpc) is 3.43. The van der Waals surface area contributed by atoms with E-state index in [0.29, 0.717) is 44.6 Å². The number of nitrogens with zero attached hydrogens (tertiary/aromatic N) is 2. The number of carbonyl (C=O) groups is 1. The second kappa shape index (κ2) is 12.9. The van der Waals surface area contributed by atoms with Gasteiger partial charge in [-0.25, -0.2) is 9.97 Å². The Balaban J connectivity index is 0.00000149. The summed E-state index contributed by atoms with van der Waals surface area (Å²) >= 11 is 13.0. The lowest BCUT2D eigenvalue weighted by molar-refractivity contribution is 0.104. The van der Waals surface area contributed by atoms with Crippen LogP contribution in [-0.2, 0) is 4.18 Å². The van der Waals surface area contributed by atoms with Crippen LogP contribution in [0.25, 0.3) is 0 Å². The monoisotopic (exact) mass is 528 g/mol. The normalized spacial score (nSPS) is 20.3. The number of aliphatic hydroxyl groups excluding tert-OH is 1. The van der Waals surface area contributed by atoms with Crippen LogP contribution in [0.3, 0.4) is 0 Å². The zero-order valence-electron chi connectivity index (χ0n) is 18.1. The highest BCUT2D eigenvalue weighted by Crippen LogP contribution is 2.35. The summed E-state index contributed by atoms with van der Waals surface area (Å²) in [6.45, 7) is 0.608. The standard InChI is InChI=1S/C21H23ClN4O3S2.CH3Cl/c22-20-15(17(27)6-4-12-1-2-12)8-18(30-20)19(28)16-9-24-11-25-21(16)26-14-5-3-13(7-14)10-29-31-23;1-2/h8-9,11-14,17,27H,1-3,5,7,10,23H2,(H,24,25,26);1H3. The third-order valence-corrected chi connectivity index (χ3v) is 7.10. The predicted molar refractivity (Wildman–Crippen MR) is 135 cm³/mol. The molecule has 7 nitrogen and oxygen atoms in total. The molecule has 0 aliphatic heterocycles. The maximum absolute atomic E-state index is 13.2. The van der Waals surface area contributed by atoms with E-state index in [1.807, 2.05) is 0 Å². The minimum absolute atomic E-state index is 0.194. The van der Waals surface area contributed by atoms with Crippen molar-refractivity contribution in [1.82, 2.24) is 9.97 Å². The minimum Gasteiger partial charge on any atom is -0.376 e. The van der Waals surface area contributed by atoms with Gasteiger partial charge in [0.05, 0.1) is 29.3 Å². The molecule has 2 aliphatic carbocycles. The number of carbonyl (C=O) groups excluding carboxylic acids is 1. The summed E-state index contributed by atoms with van der Waals surface area (Å²) in [4.78, 5) is 21.9. The lowest BCUT2D eigenvalue weighted by Crippen LogP contribution is -2.20. The van der Waals surface area contributed by atoms with Crippen LogP contribution in [0.1, 0.15) is 59.0 Å². The van der Waals surface area contributed by atoms with Crippen molar-refractivity contribution in [1.29, 1.82) is 0 Å². The van der Waals surface area contributed by atoms with Gasteiger partial charge in [0.25, 0.3) is 0 Å². The molecule has 0 radical (unpaired) electrons. The first-order valence-corrected chi connectivity index (χ1v) is 13.3. The van der Waals surface area contributed by atoms with Crippen LogP contribution in [0.4, 0.5) is 5.82 Å². The molecule has 3 unspecified atom stereocenters. The summed E-state index contributed by atoms with van der Waals surface area (Å²) in [6, 6.07) is 1.81. The van der Waals surface area contributed by atoms with Crippen LogP contribution < -0.4 is 10.5 Å². The molecule has 2 saturated carbocycles. The van der Waals surface area contributed by atoms with Crippen LogP contribution in [0.15, 0.2) is 18.6 Å². The molecule has 2 heterocycles. The van der Waals surface area contributed by atoms with Crippen LogP contribution in [-0.4, -0.2) is 39.9 Å². The van der Waals surface area contributed by atoms with Gasteiger partial charge in [-0.15, -0.1) is 22.9 Å². The molecule has 0 saturated heterocycles. The number of hydrogen-bond acceptors (Lipinski definition) is 9. The third kappa shape index (κ3) is 7.30. The largest absolute Gasteiger partial charge is 0.376 e. The predicted octanol–water partition coefficient (Wildman–Crippen LogP) is 4.84. The first-order valence-electron chi connectivity index (χ1n) is 10.5. The van der Waals surface area contributed by atoms with Gasteiger partial charge in [0, 0.05) is 30.1 Å². The highest BCUT2D eigenvalue weighted by molar-refractivity contribution is 7.92. The molecule has 4 N–H and O–H groups in total. The lowest BCUT2D eigenvalue weighted by Gasteiger charge is -2.15. The third-order valence-electron chi connectivity index (χ3n) is 5.44. The quantitative estimate of drug-likeness (QED) is 0.147. The van der Waals surface area contributed by atoms with Gasteiger partial charge in [-0.2, -0.15) is 0 Å². The Morgan fingerprint density at radius 1 is 1.42 bits per heavy atom. The smallest absolute Gasteiger partial charge is 0.208 e. The van der Waals surface area contributed by atoms with Crippen molar-refractivity contribution in [3.05, 3.63) is 38.9 Å².